The van der Waals surface area contributed by atoms with Crippen molar-refractivity contribution in [3.8, 4) is 0 Å². The fourth-order valence-electron chi connectivity index (χ4n) is 2.07. The van der Waals surface area contributed by atoms with Crippen LogP contribution in [0.25, 0.3) is 0 Å². The van der Waals surface area contributed by atoms with Gasteiger partial charge in [-0.15, -0.1) is 0 Å². The molecule has 0 spiro atoms. The van der Waals surface area contributed by atoms with E-state index in [0.29, 0.717) is 5.92 Å². The minimum atomic E-state index is 0.551. The molecule has 0 amide bonds. The van der Waals surface area contributed by atoms with Gasteiger partial charge >= 0.3 is 0 Å². The number of nitrogens with zero attached hydrogens (tertiary/aromatic N) is 1. The van der Waals surface area contributed by atoms with Gasteiger partial charge in [-0.05, 0) is 23.6 Å². The molecule has 1 aromatic carbocycles. The van der Waals surface area contributed by atoms with Crippen LogP contribution in [-0.2, 0) is 4.74 Å². The third kappa shape index (κ3) is 3.21. The Morgan fingerprint density at radius 3 is 2.50 bits per heavy atom. The van der Waals surface area contributed by atoms with Crippen LogP contribution in [0.5, 0.6) is 0 Å². The van der Waals surface area contributed by atoms with E-state index in [2.05, 4.69) is 24.0 Å². The van der Waals surface area contributed by atoms with Crippen LogP contribution < -0.4 is 0 Å². The molecule has 1 heterocycles. The molecule has 1 fully saturated rings. The lowest BCUT2D eigenvalue weighted by molar-refractivity contribution is 0.0357. The maximum Gasteiger partial charge on any atom is 0.0594 e. The van der Waals surface area contributed by atoms with Gasteiger partial charge in [0.1, 0.15) is 0 Å². The average molecular weight is 240 g/mol. The SMILES string of the molecule is CC(CN1CCOCC1)c1ccc(Cl)cc1. The molecule has 1 aliphatic heterocycles. The monoisotopic (exact) mass is 239 g/mol. The topological polar surface area (TPSA) is 12.5 Å². The minimum absolute atomic E-state index is 0.551. The number of ether oxygens (including phenoxy) is 1. The summed E-state index contributed by atoms with van der Waals surface area (Å²) in [4.78, 5) is 2.46. The summed E-state index contributed by atoms with van der Waals surface area (Å²) in [6.45, 7) is 7.21. The van der Waals surface area contributed by atoms with Crippen LogP contribution in [0, 0.1) is 0 Å². The summed E-state index contributed by atoms with van der Waals surface area (Å²) < 4.78 is 5.34. The van der Waals surface area contributed by atoms with E-state index in [1.165, 1.54) is 5.56 Å². The lowest BCUT2D eigenvalue weighted by Gasteiger charge is -2.29. The Morgan fingerprint density at radius 1 is 1.25 bits per heavy atom. The molecule has 0 saturated carbocycles. The first kappa shape index (κ1) is 11.9. The fourth-order valence-corrected chi connectivity index (χ4v) is 2.19. The fraction of sp³-hybridized carbons (Fsp3) is 0.538. The molecule has 1 atom stereocenters. The molecular formula is C13H18ClNO. The van der Waals surface area contributed by atoms with Gasteiger partial charge in [-0.1, -0.05) is 30.7 Å². The Labute approximate surface area is 102 Å². The molecule has 1 saturated heterocycles. The van der Waals surface area contributed by atoms with Crippen molar-refractivity contribution < 1.29 is 4.74 Å². The quantitative estimate of drug-likeness (QED) is 0.804. The Balaban J connectivity index is 1.91. The zero-order valence-corrected chi connectivity index (χ0v) is 10.4. The van der Waals surface area contributed by atoms with Crippen LogP contribution in [0.3, 0.4) is 0 Å². The molecule has 0 aliphatic carbocycles. The molecule has 1 unspecified atom stereocenters. The number of hydrogen-bond acceptors (Lipinski definition) is 2. The van der Waals surface area contributed by atoms with Gasteiger partial charge in [-0.3, -0.25) is 4.90 Å². The van der Waals surface area contributed by atoms with Gasteiger partial charge in [0.15, 0.2) is 0 Å². The van der Waals surface area contributed by atoms with Gasteiger partial charge in [0, 0.05) is 24.7 Å². The summed E-state index contributed by atoms with van der Waals surface area (Å²) in [5, 5.41) is 0.808. The second kappa shape index (κ2) is 5.67. The van der Waals surface area contributed by atoms with E-state index in [9.17, 15) is 0 Å². The summed E-state index contributed by atoms with van der Waals surface area (Å²) >= 11 is 5.88. The van der Waals surface area contributed by atoms with Gasteiger partial charge in [-0.25, -0.2) is 0 Å². The first-order valence-corrected chi connectivity index (χ1v) is 6.19. The maximum atomic E-state index is 5.88. The Morgan fingerprint density at radius 2 is 1.88 bits per heavy atom. The summed E-state index contributed by atoms with van der Waals surface area (Å²) in [5.74, 6) is 0.551. The highest BCUT2D eigenvalue weighted by molar-refractivity contribution is 6.30. The molecule has 3 heteroatoms. The molecule has 0 radical (unpaired) electrons. The van der Waals surface area contributed by atoms with Gasteiger partial charge in [0.2, 0.25) is 0 Å². The molecule has 0 bridgehead atoms. The summed E-state index contributed by atoms with van der Waals surface area (Å²) in [6.07, 6.45) is 0. The van der Waals surface area contributed by atoms with E-state index in [-0.39, 0.29) is 0 Å². The van der Waals surface area contributed by atoms with Gasteiger partial charge < -0.3 is 4.74 Å². The summed E-state index contributed by atoms with van der Waals surface area (Å²) in [5.41, 5.74) is 1.36. The zero-order valence-electron chi connectivity index (χ0n) is 9.66. The predicted molar refractivity (Wildman–Crippen MR) is 67.1 cm³/mol. The molecule has 16 heavy (non-hydrogen) atoms. The van der Waals surface area contributed by atoms with Crippen LogP contribution in [-0.4, -0.2) is 37.7 Å². The van der Waals surface area contributed by atoms with Crippen molar-refractivity contribution in [2.24, 2.45) is 0 Å². The van der Waals surface area contributed by atoms with Crippen LogP contribution >= 0.6 is 11.6 Å². The second-order valence-electron chi connectivity index (χ2n) is 4.37. The summed E-state index contributed by atoms with van der Waals surface area (Å²) in [6, 6.07) is 8.17. The van der Waals surface area contributed by atoms with E-state index in [4.69, 9.17) is 16.3 Å². The van der Waals surface area contributed by atoms with Crippen molar-refractivity contribution in [3.05, 3.63) is 34.9 Å². The average Bonchev–Trinajstić information content (AvgIpc) is 2.31. The number of halogens is 1. The number of morpholine rings is 1. The van der Waals surface area contributed by atoms with Crippen molar-refractivity contribution in [2.75, 3.05) is 32.8 Å². The first-order chi connectivity index (χ1) is 7.75. The normalized spacial score (nSPS) is 19.6. The Bertz CT molecular complexity index is 319. The highest BCUT2D eigenvalue weighted by Crippen LogP contribution is 2.19. The van der Waals surface area contributed by atoms with Crippen LogP contribution in [0.2, 0.25) is 5.02 Å². The van der Waals surface area contributed by atoms with Gasteiger partial charge in [0.25, 0.3) is 0 Å². The van der Waals surface area contributed by atoms with Crippen molar-refractivity contribution in [2.45, 2.75) is 12.8 Å². The molecular weight excluding hydrogens is 222 g/mol. The minimum Gasteiger partial charge on any atom is -0.379 e. The van der Waals surface area contributed by atoms with E-state index in [1.54, 1.807) is 0 Å². The Hall–Kier alpha value is -0.570. The standard InChI is InChI=1S/C13H18ClNO/c1-11(10-15-6-8-16-9-7-15)12-2-4-13(14)5-3-12/h2-5,11H,6-10H2,1H3. The van der Waals surface area contributed by atoms with Crippen molar-refractivity contribution >= 4 is 11.6 Å². The highest BCUT2D eigenvalue weighted by atomic mass is 35.5. The predicted octanol–water partition coefficient (Wildman–Crippen LogP) is 2.78. The van der Waals surface area contributed by atoms with Crippen molar-refractivity contribution in [3.63, 3.8) is 0 Å². The van der Waals surface area contributed by atoms with Gasteiger partial charge in [-0.2, -0.15) is 0 Å². The molecule has 0 aromatic heterocycles. The van der Waals surface area contributed by atoms with E-state index in [1.807, 2.05) is 12.1 Å². The van der Waals surface area contributed by atoms with E-state index >= 15 is 0 Å². The molecule has 1 aromatic rings. The Kier molecular flexibility index (Phi) is 4.22. The number of hydrogen-bond donors (Lipinski definition) is 0. The second-order valence-corrected chi connectivity index (χ2v) is 4.80. The third-order valence-corrected chi connectivity index (χ3v) is 3.33. The van der Waals surface area contributed by atoms with E-state index < -0.39 is 0 Å². The first-order valence-electron chi connectivity index (χ1n) is 5.81. The molecule has 2 rings (SSSR count). The van der Waals surface area contributed by atoms with Crippen LogP contribution in [0.1, 0.15) is 18.4 Å². The van der Waals surface area contributed by atoms with E-state index in [0.717, 1.165) is 37.9 Å². The number of benzene rings is 1. The molecule has 88 valence electrons. The molecule has 2 nitrogen and oxygen atoms in total. The lowest BCUT2D eigenvalue weighted by Crippen LogP contribution is -2.38. The van der Waals surface area contributed by atoms with Crippen molar-refractivity contribution in [1.82, 2.24) is 4.90 Å². The van der Waals surface area contributed by atoms with Crippen LogP contribution in [0.15, 0.2) is 24.3 Å². The van der Waals surface area contributed by atoms with Gasteiger partial charge in [0.05, 0.1) is 13.2 Å². The largest absolute Gasteiger partial charge is 0.379 e. The zero-order chi connectivity index (χ0) is 11.4. The molecule has 1 aliphatic rings. The third-order valence-electron chi connectivity index (χ3n) is 3.07. The van der Waals surface area contributed by atoms with Crippen LogP contribution in [0.4, 0.5) is 0 Å². The van der Waals surface area contributed by atoms with Crippen molar-refractivity contribution in [1.29, 1.82) is 0 Å². The summed E-state index contributed by atoms with van der Waals surface area (Å²) in [7, 11) is 0. The number of rotatable bonds is 3. The highest BCUT2D eigenvalue weighted by Gasteiger charge is 2.14. The smallest absolute Gasteiger partial charge is 0.0594 e. The maximum absolute atomic E-state index is 5.88. The lowest BCUT2D eigenvalue weighted by atomic mass is 10.0. The molecule has 0 N–H and O–H groups in total.